The second-order valence-electron chi connectivity index (χ2n) is 3.78. The summed E-state index contributed by atoms with van der Waals surface area (Å²) >= 11 is 0. The van der Waals surface area contributed by atoms with Gasteiger partial charge in [-0.25, -0.2) is 4.79 Å². The molecule has 0 radical (unpaired) electrons. The lowest BCUT2D eigenvalue weighted by Crippen LogP contribution is -2.32. The first-order valence-electron chi connectivity index (χ1n) is 4.90. The minimum atomic E-state index is -1.03. The Morgan fingerprint density at radius 1 is 1.44 bits per heavy atom. The molecular weight excluding hydrogens is 210 g/mol. The molecule has 2 atom stereocenters. The van der Waals surface area contributed by atoms with Gasteiger partial charge in [-0.2, -0.15) is 0 Å². The van der Waals surface area contributed by atoms with Crippen LogP contribution in [-0.2, 0) is 9.59 Å². The van der Waals surface area contributed by atoms with Crippen LogP contribution in [0.15, 0.2) is 24.3 Å². The van der Waals surface area contributed by atoms with Crippen molar-refractivity contribution in [3.8, 4) is 5.75 Å². The van der Waals surface area contributed by atoms with E-state index in [1.807, 2.05) is 0 Å². The fourth-order valence-electron chi connectivity index (χ4n) is 1.87. The fraction of sp³-hybridized carbons (Fsp3) is 0.273. The maximum atomic E-state index is 11.5. The number of carbonyl (C=O) groups is 2. The molecule has 1 aromatic rings. The van der Waals surface area contributed by atoms with Crippen LogP contribution < -0.4 is 5.32 Å². The van der Waals surface area contributed by atoms with Gasteiger partial charge >= 0.3 is 5.97 Å². The lowest BCUT2D eigenvalue weighted by molar-refractivity contribution is -0.140. The van der Waals surface area contributed by atoms with Crippen molar-refractivity contribution in [2.75, 3.05) is 0 Å². The third-order valence-corrected chi connectivity index (χ3v) is 2.68. The highest BCUT2D eigenvalue weighted by Gasteiger charge is 2.36. The zero-order valence-corrected chi connectivity index (χ0v) is 8.38. The number of aromatic hydroxyl groups is 1. The van der Waals surface area contributed by atoms with Gasteiger partial charge in [0, 0.05) is 0 Å². The molecule has 0 spiro atoms. The molecule has 1 aromatic carbocycles. The average molecular weight is 221 g/mol. The predicted octanol–water partition coefficient (Wildman–Crippen LogP) is 0.449. The summed E-state index contributed by atoms with van der Waals surface area (Å²) in [4.78, 5) is 22.3. The van der Waals surface area contributed by atoms with Gasteiger partial charge in [0.2, 0.25) is 5.91 Å². The highest BCUT2D eigenvalue weighted by atomic mass is 16.4. The third kappa shape index (κ3) is 1.84. The molecule has 5 nitrogen and oxygen atoms in total. The lowest BCUT2D eigenvalue weighted by atomic mass is 9.95. The smallest absolute Gasteiger partial charge is 0.326 e. The number of hydrogen-bond acceptors (Lipinski definition) is 3. The quantitative estimate of drug-likeness (QED) is 0.676. The number of benzene rings is 1. The van der Waals surface area contributed by atoms with Gasteiger partial charge in [-0.05, 0) is 24.1 Å². The number of amides is 1. The number of carboxylic acid groups (broad SMARTS) is 1. The van der Waals surface area contributed by atoms with Crippen LogP contribution in [0.4, 0.5) is 0 Å². The van der Waals surface area contributed by atoms with Crippen molar-refractivity contribution in [3.63, 3.8) is 0 Å². The molecule has 3 N–H and O–H groups in total. The van der Waals surface area contributed by atoms with E-state index in [2.05, 4.69) is 5.32 Å². The van der Waals surface area contributed by atoms with Crippen LogP contribution in [0.3, 0.4) is 0 Å². The van der Waals surface area contributed by atoms with Crippen molar-refractivity contribution in [2.45, 2.75) is 18.4 Å². The van der Waals surface area contributed by atoms with E-state index in [-0.39, 0.29) is 18.1 Å². The summed E-state index contributed by atoms with van der Waals surface area (Å²) in [5, 5.41) is 20.5. The fourth-order valence-corrected chi connectivity index (χ4v) is 1.87. The number of phenolic OH excluding ortho intramolecular Hbond substituents is 1. The Bertz CT molecular complexity index is 443. The third-order valence-electron chi connectivity index (χ3n) is 2.68. The highest BCUT2D eigenvalue weighted by molar-refractivity contribution is 5.92. The number of aliphatic carboxylic acids is 1. The second kappa shape index (κ2) is 3.84. The molecule has 16 heavy (non-hydrogen) atoms. The van der Waals surface area contributed by atoms with Crippen LogP contribution in [0, 0.1) is 0 Å². The second-order valence-corrected chi connectivity index (χ2v) is 3.78. The molecule has 2 rings (SSSR count). The first-order chi connectivity index (χ1) is 7.58. The van der Waals surface area contributed by atoms with E-state index in [0.29, 0.717) is 5.56 Å². The van der Waals surface area contributed by atoms with Crippen LogP contribution in [0.25, 0.3) is 0 Å². The first kappa shape index (κ1) is 10.5. The Kier molecular flexibility index (Phi) is 2.52. The molecule has 5 heteroatoms. The number of nitrogens with one attached hydrogen (secondary N) is 1. The normalized spacial score (nSPS) is 24.1. The Morgan fingerprint density at radius 3 is 2.75 bits per heavy atom. The number of rotatable bonds is 2. The Morgan fingerprint density at radius 2 is 2.19 bits per heavy atom. The molecule has 0 bridgehead atoms. The van der Waals surface area contributed by atoms with Crippen LogP contribution in [-0.4, -0.2) is 28.1 Å². The van der Waals surface area contributed by atoms with E-state index in [9.17, 15) is 14.7 Å². The molecule has 0 aliphatic carbocycles. The molecule has 84 valence electrons. The number of hydrogen-bond donors (Lipinski definition) is 3. The maximum Gasteiger partial charge on any atom is 0.326 e. The largest absolute Gasteiger partial charge is 0.508 e. The summed E-state index contributed by atoms with van der Waals surface area (Å²) < 4.78 is 0. The minimum absolute atomic E-state index is 0.0732. The van der Waals surface area contributed by atoms with E-state index in [0.717, 1.165) is 0 Å². The maximum absolute atomic E-state index is 11.5. The van der Waals surface area contributed by atoms with Crippen molar-refractivity contribution in [3.05, 3.63) is 29.8 Å². The molecule has 1 aliphatic heterocycles. The standard InChI is InChI=1S/C11H11NO4/c13-7-3-1-2-6(4-7)8-5-9(11(15)16)12-10(8)14/h1-4,8-9,13H,5H2,(H,12,14)(H,15,16). The van der Waals surface area contributed by atoms with Crippen molar-refractivity contribution in [1.82, 2.24) is 5.32 Å². The van der Waals surface area contributed by atoms with Crippen LogP contribution >= 0.6 is 0 Å². The molecule has 1 fully saturated rings. The number of phenols is 1. The SMILES string of the molecule is O=C(O)C1CC(c2cccc(O)c2)C(=O)N1. The molecule has 0 aromatic heterocycles. The molecule has 1 saturated heterocycles. The molecule has 0 saturated carbocycles. The van der Waals surface area contributed by atoms with Gasteiger partial charge in [-0.3, -0.25) is 4.79 Å². The summed E-state index contributed by atoms with van der Waals surface area (Å²) in [6.45, 7) is 0. The van der Waals surface area contributed by atoms with Crippen molar-refractivity contribution in [1.29, 1.82) is 0 Å². The predicted molar refractivity (Wildman–Crippen MR) is 55.0 cm³/mol. The molecule has 1 aliphatic rings. The summed E-state index contributed by atoms with van der Waals surface area (Å²) in [6.07, 6.45) is 0.220. The van der Waals surface area contributed by atoms with Crippen molar-refractivity contribution in [2.24, 2.45) is 0 Å². The van der Waals surface area contributed by atoms with E-state index >= 15 is 0 Å². The van der Waals surface area contributed by atoms with E-state index in [1.54, 1.807) is 12.1 Å². The van der Waals surface area contributed by atoms with Gasteiger partial charge in [-0.15, -0.1) is 0 Å². The van der Waals surface area contributed by atoms with Crippen LogP contribution in [0.1, 0.15) is 17.9 Å². The summed E-state index contributed by atoms with van der Waals surface area (Å²) in [6, 6.07) is 5.49. The Balaban J connectivity index is 2.23. The van der Waals surface area contributed by atoms with E-state index < -0.39 is 17.9 Å². The van der Waals surface area contributed by atoms with Crippen LogP contribution in [0.2, 0.25) is 0 Å². The Hall–Kier alpha value is -2.04. The summed E-state index contributed by atoms with van der Waals surface area (Å²) in [7, 11) is 0. The topological polar surface area (TPSA) is 86.6 Å². The zero-order valence-electron chi connectivity index (χ0n) is 8.38. The van der Waals surface area contributed by atoms with Gasteiger partial charge in [-0.1, -0.05) is 12.1 Å². The van der Waals surface area contributed by atoms with E-state index in [1.165, 1.54) is 12.1 Å². The van der Waals surface area contributed by atoms with Gasteiger partial charge in [0.25, 0.3) is 0 Å². The van der Waals surface area contributed by atoms with Gasteiger partial charge in [0.05, 0.1) is 5.92 Å². The highest BCUT2D eigenvalue weighted by Crippen LogP contribution is 2.28. The summed E-state index contributed by atoms with van der Waals surface area (Å²) in [5.74, 6) is -1.76. The van der Waals surface area contributed by atoms with Crippen LogP contribution in [0.5, 0.6) is 5.75 Å². The van der Waals surface area contributed by atoms with Gasteiger partial charge < -0.3 is 15.5 Å². The van der Waals surface area contributed by atoms with Crippen molar-refractivity contribution >= 4 is 11.9 Å². The first-order valence-corrected chi connectivity index (χ1v) is 4.90. The Labute approximate surface area is 91.7 Å². The molecule has 1 heterocycles. The zero-order chi connectivity index (χ0) is 11.7. The number of carboxylic acids is 1. The lowest BCUT2D eigenvalue weighted by Gasteiger charge is -2.06. The number of carbonyl (C=O) groups excluding carboxylic acids is 1. The van der Waals surface area contributed by atoms with Gasteiger partial charge in [0.1, 0.15) is 11.8 Å². The molecular formula is C11H11NO4. The minimum Gasteiger partial charge on any atom is -0.508 e. The summed E-state index contributed by atoms with van der Waals surface area (Å²) in [5.41, 5.74) is 0.640. The van der Waals surface area contributed by atoms with E-state index in [4.69, 9.17) is 5.11 Å². The average Bonchev–Trinajstić information content (AvgIpc) is 2.60. The molecule has 1 amide bonds. The molecule has 2 unspecified atom stereocenters. The monoisotopic (exact) mass is 221 g/mol. The van der Waals surface area contributed by atoms with Gasteiger partial charge in [0.15, 0.2) is 0 Å². The van der Waals surface area contributed by atoms with Crippen molar-refractivity contribution < 1.29 is 19.8 Å².